The van der Waals surface area contributed by atoms with Crippen LogP contribution in [0.15, 0.2) is 50.2 Å². The van der Waals surface area contributed by atoms with E-state index in [1.54, 1.807) is 6.92 Å². The van der Waals surface area contributed by atoms with Crippen molar-refractivity contribution in [3.05, 3.63) is 65.2 Å². The molecule has 1 N–H and O–H groups in total. The molecule has 1 aliphatic heterocycles. The van der Waals surface area contributed by atoms with Crippen LogP contribution in [0.3, 0.4) is 0 Å². The number of carbonyl (C=O) groups is 1. The highest BCUT2D eigenvalue weighted by Crippen LogP contribution is 2.27. The lowest BCUT2D eigenvalue weighted by Gasteiger charge is -2.33. The molecule has 3 heterocycles. The van der Waals surface area contributed by atoms with Crippen molar-refractivity contribution in [1.82, 2.24) is 20.4 Å². The number of carbonyl (C=O) groups excluding carboxylic acids is 1. The third-order valence-corrected chi connectivity index (χ3v) is 6.16. The van der Waals surface area contributed by atoms with Gasteiger partial charge in [0.15, 0.2) is 5.82 Å². The smallest absolute Gasteiger partial charge is 0.252 e. The van der Waals surface area contributed by atoms with E-state index in [0.717, 1.165) is 29.5 Å². The fraction of sp³-hybridized carbons (Fsp3) is 0.409. The third kappa shape index (κ3) is 5.55. The van der Waals surface area contributed by atoms with E-state index in [0.29, 0.717) is 42.8 Å². The van der Waals surface area contributed by atoms with Crippen LogP contribution in [0.1, 0.15) is 39.6 Å². The number of amides is 1. The molecule has 1 aromatic carbocycles. The summed E-state index contributed by atoms with van der Waals surface area (Å²) in [7, 11) is 0. The molecule has 1 aliphatic rings. The maximum Gasteiger partial charge on any atom is 0.252 e. The Labute approximate surface area is 185 Å². The molecule has 4 rings (SSSR count). The minimum absolute atomic E-state index is 0.0383. The van der Waals surface area contributed by atoms with Crippen LogP contribution < -0.4 is 5.32 Å². The molecular weight excluding hydrogens is 416 g/mol. The van der Waals surface area contributed by atoms with Crippen molar-refractivity contribution in [3.63, 3.8) is 0 Å². The molecule has 1 fully saturated rings. The maximum absolute atomic E-state index is 13.1. The Morgan fingerprint density at radius 2 is 2.00 bits per heavy atom. The number of ether oxygens (including phenoxy) is 1. The zero-order chi connectivity index (χ0) is 21.6. The first kappa shape index (κ1) is 21.6. The Morgan fingerprint density at radius 3 is 2.71 bits per heavy atom. The van der Waals surface area contributed by atoms with Gasteiger partial charge in [0.1, 0.15) is 11.5 Å². The van der Waals surface area contributed by atoms with Gasteiger partial charge in [-0.25, -0.2) is 0 Å². The number of benzene rings is 1. The topological polar surface area (TPSA) is 93.6 Å². The highest BCUT2D eigenvalue weighted by molar-refractivity contribution is 7.98. The lowest BCUT2D eigenvalue weighted by molar-refractivity contribution is 0.0117. The number of furan rings is 1. The highest BCUT2D eigenvalue weighted by atomic mass is 32.2. The van der Waals surface area contributed by atoms with Gasteiger partial charge in [-0.15, -0.1) is 11.8 Å². The Morgan fingerprint density at radius 1 is 1.19 bits per heavy atom. The predicted octanol–water partition coefficient (Wildman–Crippen LogP) is 3.38. The summed E-state index contributed by atoms with van der Waals surface area (Å²) in [5.41, 5.74) is 0.629. The summed E-state index contributed by atoms with van der Waals surface area (Å²) < 4.78 is 16.4. The van der Waals surface area contributed by atoms with Crippen molar-refractivity contribution in [2.45, 2.75) is 30.5 Å². The molecule has 0 radical (unpaired) electrons. The Bertz CT molecular complexity index is 1010. The van der Waals surface area contributed by atoms with Crippen molar-refractivity contribution >= 4 is 17.7 Å². The molecule has 9 heteroatoms. The molecule has 2 aromatic heterocycles. The van der Waals surface area contributed by atoms with Gasteiger partial charge in [-0.1, -0.05) is 17.3 Å². The summed E-state index contributed by atoms with van der Waals surface area (Å²) in [6.45, 7) is 7.10. The van der Waals surface area contributed by atoms with Gasteiger partial charge in [-0.3, -0.25) is 9.69 Å². The number of nitrogens with zero attached hydrogens (tertiary/aromatic N) is 3. The molecular formula is C22H26N4O4S. The van der Waals surface area contributed by atoms with E-state index in [1.807, 2.05) is 43.3 Å². The number of nitrogens with one attached hydrogen (secondary N) is 1. The van der Waals surface area contributed by atoms with E-state index in [2.05, 4.69) is 20.4 Å². The molecule has 164 valence electrons. The molecule has 1 amide bonds. The average molecular weight is 443 g/mol. The van der Waals surface area contributed by atoms with Crippen LogP contribution in [-0.2, 0) is 10.5 Å². The lowest BCUT2D eigenvalue weighted by atomic mass is 10.1. The Balaban J connectivity index is 1.44. The molecule has 31 heavy (non-hydrogen) atoms. The van der Waals surface area contributed by atoms with E-state index in [9.17, 15) is 4.79 Å². The van der Waals surface area contributed by atoms with Gasteiger partial charge in [0.25, 0.3) is 5.91 Å². The van der Waals surface area contributed by atoms with Crippen molar-refractivity contribution in [1.29, 1.82) is 0 Å². The molecule has 3 aromatic rings. The van der Waals surface area contributed by atoms with Crippen molar-refractivity contribution in [2.75, 3.05) is 32.8 Å². The number of hydrogen-bond donors (Lipinski definition) is 1. The zero-order valence-electron chi connectivity index (χ0n) is 17.7. The summed E-state index contributed by atoms with van der Waals surface area (Å²) in [6.07, 6.45) is 0. The van der Waals surface area contributed by atoms with Crippen LogP contribution in [0.2, 0.25) is 0 Å². The van der Waals surface area contributed by atoms with Crippen LogP contribution in [0.25, 0.3) is 0 Å². The fourth-order valence-electron chi connectivity index (χ4n) is 3.54. The van der Waals surface area contributed by atoms with E-state index in [4.69, 9.17) is 13.7 Å². The van der Waals surface area contributed by atoms with Gasteiger partial charge >= 0.3 is 0 Å². The van der Waals surface area contributed by atoms with Crippen LogP contribution in [0.5, 0.6) is 0 Å². The summed E-state index contributed by atoms with van der Waals surface area (Å²) in [5, 5.41) is 7.02. The van der Waals surface area contributed by atoms with Crippen molar-refractivity contribution in [2.24, 2.45) is 0 Å². The SMILES string of the molecule is Cc1ccc(C(CNC(=O)c2ccccc2SCc2noc(C)n2)N2CCOCC2)o1. The Kier molecular flexibility index (Phi) is 7.06. The molecule has 0 aliphatic carbocycles. The molecule has 0 bridgehead atoms. The highest BCUT2D eigenvalue weighted by Gasteiger charge is 2.26. The van der Waals surface area contributed by atoms with Gasteiger partial charge in [-0.2, -0.15) is 4.98 Å². The van der Waals surface area contributed by atoms with Crippen LogP contribution in [0, 0.1) is 13.8 Å². The quantitative estimate of drug-likeness (QED) is 0.531. The van der Waals surface area contributed by atoms with Crippen LogP contribution in [-0.4, -0.2) is 53.8 Å². The predicted molar refractivity (Wildman–Crippen MR) is 116 cm³/mol. The van der Waals surface area contributed by atoms with E-state index in [-0.39, 0.29) is 11.9 Å². The average Bonchev–Trinajstić information content (AvgIpc) is 3.41. The molecule has 0 spiro atoms. The van der Waals surface area contributed by atoms with Gasteiger partial charge < -0.3 is 19.0 Å². The van der Waals surface area contributed by atoms with E-state index >= 15 is 0 Å². The van der Waals surface area contributed by atoms with Gasteiger partial charge in [0, 0.05) is 31.5 Å². The van der Waals surface area contributed by atoms with Crippen molar-refractivity contribution in [3.8, 4) is 0 Å². The minimum Gasteiger partial charge on any atom is -0.465 e. The first-order valence-electron chi connectivity index (χ1n) is 10.3. The lowest BCUT2D eigenvalue weighted by Crippen LogP contribution is -2.43. The number of aryl methyl sites for hydroxylation is 2. The maximum atomic E-state index is 13.1. The minimum atomic E-state index is -0.117. The standard InChI is InChI=1S/C22H26N4O4S/c1-15-7-8-19(29-15)18(26-9-11-28-12-10-26)13-23-22(27)17-5-3-4-6-20(17)31-14-21-24-16(2)30-25-21/h3-8,18H,9-14H2,1-2H3,(H,23,27). The number of thioether (sulfide) groups is 1. The first-order chi connectivity index (χ1) is 15.1. The second-order valence-corrected chi connectivity index (χ2v) is 8.35. The first-order valence-corrected chi connectivity index (χ1v) is 11.3. The second-order valence-electron chi connectivity index (χ2n) is 7.34. The van der Waals surface area contributed by atoms with E-state index in [1.165, 1.54) is 11.8 Å². The normalized spacial score (nSPS) is 15.7. The van der Waals surface area contributed by atoms with Crippen molar-refractivity contribution < 1.29 is 18.5 Å². The summed E-state index contributed by atoms with van der Waals surface area (Å²) in [4.78, 5) is 20.4. The summed E-state index contributed by atoms with van der Waals surface area (Å²) in [5.74, 6) is 3.27. The van der Waals surface area contributed by atoms with Gasteiger partial charge in [-0.05, 0) is 31.2 Å². The largest absolute Gasteiger partial charge is 0.465 e. The van der Waals surface area contributed by atoms with E-state index < -0.39 is 0 Å². The molecule has 1 saturated heterocycles. The summed E-state index contributed by atoms with van der Waals surface area (Å²) >= 11 is 1.51. The molecule has 8 nitrogen and oxygen atoms in total. The molecule has 1 unspecified atom stereocenters. The van der Waals surface area contributed by atoms with Crippen LogP contribution >= 0.6 is 11.8 Å². The third-order valence-electron chi connectivity index (χ3n) is 5.09. The van der Waals surface area contributed by atoms with Gasteiger partial charge in [0.05, 0.1) is 30.6 Å². The summed E-state index contributed by atoms with van der Waals surface area (Å²) in [6, 6.07) is 11.5. The van der Waals surface area contributed by atoms with Gasteiger partial charge in [0.2, 0.25) is 5.89 Å². The molecule has 0 saturated carbocycles. The van der Waals surface area contributed by atoms with Crippen LogP contribution in [0.4, 0.5) is 0 Å². The number of hydrogen-bond acceptors (Lipinski definition) is 8. The number of rotatable bonds is 8. The number of morpholine rings is 1. The monoisotopic (exact) mass is 442 g/mol. The Hall–Kier alpha value is -2.62. The number of aromatic nitrogens is 2. The second kappa shape index (κ2) is 10.1. The fourth-order valence-corrected chi connectivity index (χ4v) is 4.43. The zero-order valence-corrected chi connectivity index (χ0v) is 18.5. The molecule has 1 atom stereocenters.